The van der Waals surface area contributed by atoms with E-state index in [1.807, 2.05) is 84.1 Å². The molecule has 0 unspecified atom stereocenters. The molecular formula is C45H25N3O2S. The van der Waals surface area contributed by atoms with Gasteiger partial charge in [0.05, 0.1) is 0 Å². The van der Waals surface area contributed by atoms with Gasteiger partial charge in [-0.3, -0.25) is 0 Å². The molecule has 0 aliphatic carbocycles. The lowest BCUT2D eigenvalue weighted by molar-refractivity contribution is 0.669. The van der Waals surface area contributed by atoms with Gasteiger partial charge in [-0.15, -0.1) is 11.3 Å². The fraction of sp³-hybridized carbons (Fsp3) is 0. The second-order valence-electron chi connectivity index (χ2n) is 12.7. The largest absolute Gasteiger partial charge is 0.456 e. The van der Waals surface area contributed by atoms with Crippen molar-refractivity contribution in [1.82, 2.24) is 15.0 Å². The molecule has 11 aromatic rings. The van der Waals surface area contributed by atoms with E-state index in [1.54, 1.807) is 0 Å². The highest BCUT2D eigenvalue weighted by molar-refractivity contribution is 7.26. The van der Waals surface area contributed by atoms with E-state index in [1.165, 1.54) is 20.2 Å². The molecule has 0 spiro atoms. The topological polar surface area (TPSA) is 65.0 Å². The van der Waals surface area contributed by atoms with Crippen molar-refractivity contribution in [2.45, 2.75) is 0 Å². The number of furan rings is 2. The maximum absolute atomic E-state index is 6.77. The fourth-order valence-electron chi connectivity index (χ4n) is 7.50. The molecule has 6 heteroatoms. The molecule has 5 nitrogen and oxygen atoms in total. The molecule has 4 aromatic heterocycles. The molecule has 0 fully saturated rings. The van der Waals surface area contributed by atoms with Crippen LogP contribution in [0.25, 0.3) is 109 Å². The highest BCUT2D eigenvalue weighted by Gasteiger charge is 2.22. The van der Waals surface area contributed by atoms with Crippen LogP contribution in [0.15, 0.2) is 160 Å². The van der Waals surface area contributed by atoms with E-state index in [-0.39, 0.29) is 0 Å². The van der Waals surface area contributed by atoms with E-state index in [4.69, 9.17) is 23.8 Å². The molecule has 0 aliphatic rings. The highest BCUT2D eigenvalue weighted by Crippen LogP contribution is 2.45. The van der Waals surface area contributed by atoms with Crippen molar-refractivity contribution in [3.8, 4) is 45.3 Å². The summed E-state index contributed by atoms with van der Waals surface area (Å²) in [7, 11) is 0. The Hall–Kier alpha value is -6.63. The van der Waals surface area contributed by atoms with Gasteiger partial charge in [-0.2, -0.15) is 0 Å². The summed E-state index contributed by atoms with van der Waals surface area (Å²) in [6.45, 7) is 0. The number of nitrogens with zero attached hydrogens (tertiary/aromatic N) is 3. The molecule has 0 N–H and O–H groups in total. The molecule has 0 saturated heterocycles. The van der Waals surface area contributed by atoms with Crippen LogP contribution in [0, 0.1) is 0 Å². The molecule has 0 aliphatic heterocycles. The van der Waals surface area contributed by atoms with Crippen molar-refractivity contribution in [3.63, 3.8) is 0 Å². The van der Waals surface area contributed by atoms with Crippen LogP contribution in [0.5, 0.6) is 0 Å². The van der Waals surface area contributed by atoms with E-state index in [9.17, 15) is 0 Å². The smallest absolute Gasteiger partial charge is 0.164 e. The zero-order valence-corrected chi connectivity index (χ0v) is 27.8. The molecule has 0 bridgehead atoms. The van der Waals surface area contributed by atoms with Gasteiger partial charge >= 0.3 is 0 Å². The van der Waals surface area contributed by atoms with Crippen LogP contribution in [0.4, 0.5) is 0 Å². The quantitative estimate of drug-likeness (QED) is 0.186. The predicted molar refractivity (Wildman–Crippen MR) is 209 cm³/mol. The Morgan fingerprint density at radius 1 is 0.373 bits per heavy atom. The Morgan fingerprint density at radius 3 is 1.73 bits per heavy atom. The minimum Gasteiger partial charge on any atom is -0.456 e. The number of hydrogen-bond acceptors (Lipinski definition) is 6. The maximum atomic E-state index is 6.77. The van der Waals surface area contributed by atoms with E-state index >= 15 is 0 Å². The van der Waals surface area contributed by atoms with Crippen molar-refractivity contribution < 1.29 is 8.83 Å². The lowest BCUT2D eigenvalue weighted by atomic mass is 9.99. The summed E-state index contributed by atoms with van der Waals surface area (Å²) in [5, 5.41) is 6.53. The number of hydrogen-bond donors (Lipinski definition) is 0. The molecule has 0 atom stereocenters. The first-order chi connectivity index (χ1) is 25.3. The third kappa shape index (κ3) is 4.30. The third-order valence-electron chi connectivity index (χ3n) is 9.77. The van der Waals surface area contributed by atoms with Gasteiger partial charge in [0.25, 0.3) is 0 Å². The molecule has 0 saturated carbocycles. The minimum atomic E-state index is 0.578. The summed E-state index contributed by atoms with van der Waals surface area (Å²) in [5.41, 5.74) is 8.15. The van der Waals surface area contributed by atoms with Gasteiger partial charge in [0.15, 0.2) is 17.5 Å². The van der Waals surface area contributed by atoms with Crippen LogP contribution in [-0.4, -0.2) is 15.0 Å². The van der Waals surface area contributed by atoms with Crippen LogP contribution in [0.1, 0.15) is 0 Å². The molecular weight excluding hydrogens is 647 g/mol. The monoisotopic (exact) mass is 671 g/mol. The van der Waals surface area contributed by atoms with Crippen LogP contribution in [-0.2, 0) is 0 Å². The summed E-state index contributed by atoms with van der Waals surface area (Å²) in [4.78, 5) is 15.4. The van der Waals surface area contributed by atoms with Crippen LogP contribution in [0.2, 0.25) is 0 Å². The zero-order chi connectivity index (χ0) is 33.5. The summed E-state index contributed by atoms with van der Waals surface area (Å²) >= 11 is 1.82. The van der Waals surface area contributed by atoms with Gasteiger partial charge in [0, 0.05) is 69.5 Å². The van der Waals surface area contributed by atoms with Gasteiger partial charge in [-0.25, -0.2) is 15.0 Å². The highest BCUT2D eigenvalue weighted by atomic mass is 32.1. The second kappa shape index (κ2) is 10.9. The second-order valence-corrected chi connectivity index (χ2v) is 13.7. The molecule has 0 radical (unpaired) electrons. The van der Waals surface area contributed by atoms with Crippen molar-refractivity contribution in [1.29, 1.82) is 0 Å². The summed E-state index contributed by atoms with van der Waals surface area (Å²) in [6.07, 6.45) is 0. The number of rotatable bonds is 4. The first-order valence-corrected chi connectivity index (χ1v) is 17.7. The van der Waals surface area contributed by atoms with Gasteiger partial charge in [0.2, 0.25) is 0 Å². The standard InChI is InChI=1S/C45H25N3O2S/c1-2-12-26(13-3-1)43-46-44(33-20-10-23-36-39(33)31-15-4-6-22-35(31)49-36)48-45(47-43)34-21-11-24-37-40(34)32-19-8-16-28(41(32)50-37)30-18-9-17-29-27-14-5-7-25-38(27)51-42(29)30/h1-25H. The van der Waals surface area contributed by atoms with E-state index < -0.39 is 0 Å². The molecule has 238 valence electrons. The average molecular weight is 672 g/mol. The van der Waals surface area contributed by atoms with Gasteiger partial charge in [-0.05, 0) is 24.3 Å². The molecule has 11 rings (SSSR count). The average Bonchev–Trinajstić information content (AvgIpc) is 3.89. The Balaban J connectivity index is 1.17. The minimum absolute atomic E-state index is 0.578. The number of para-hydroxylation sites is 2. The molecule has 51 heavy (non-hydrogen) atoms. The Labute approximate surface area is 295 Å². The van der Waals surface area contributed by atoms with Crippen LogP contribution >= 0.6 is 11.3 Å². The lowest BCUT2D eigenvalue weighted by Gasteiger charge is -2.10. The normalized spacial score (nSPS) is 11.9. The van der Waals surface area contributed by atoms with E-state index in [0.29, 0.717) is 17.5 Å². The molecule has 4 heterocycles. The van der Waals surface area contributed by atoms with E-state index in [0.717, 1.165) is 71.7 Å². The fourth-order valence-corrected chi connectivity index (χ4v) is 8.73. The van der Waals surface area contributed by atoms with Gasteiger partial charge in [0.1, 0.15) is 22.3 Å². The van der Waals surface area contributed by atoms with Crippen molar-refractivity contribution >= 4 is 75.4 Å². The van der Waals surface area contributed by atoms with Gasteiger partial charge < -0.3 is 8.83 Å². The number of fused-ring (bicyclic) bond motifs is 9. The summed E-state index contributed by atoms with van der Waals surface area (Å²) in [5.74, 6) is 1.76. The summed E-state index contributed by atoms with van der Waals surface area (Å²) in [6, 6.07) is 51.9. The van der Waals surface area contributed by atoms with Crippen molar-refractivity contribution in [2.24, 2.45) is 0 Å². The number of thiophene rings is 1. The Kier molecular flexibility index (Phi) is 6.05. The maximum Gasteiger partial charge on any atom is 0.164 e. The molecule has 0 amide bonds. The van der Waals surface area contributed by atoms with Crippen molar-refractivity contribution in [3.05, 3.63) is 152 Å². The predicted octanol–water partition coefficient (Wildman–Crippen LogP) is 12.7. The van der Waals surface area contributed by atoms with Crippen LogP contribution in [0.3, 0.4) is 0 Å². The summed E-state index contributed by atoms with van der Waals surface area (Å²) < 4.78 is 15.5. The lowest BCUT2D eigenvalue weighted by Crippen LogP contribution is -2.00. The van der Waals surface area contributed by atoms with E-state index in [2.05, 4.69) is 78.9 Å². The zero-order valence-electron chi connectivity index (χ0n) is 27.0. The number of aromatic nitrogens is 3. The van der Waals surface area contributed by atoms with Gasteiger partial charge in [-0.1, -0.05) is 127 Å². The van der Waals surface area contributed by atoms with Crippen LogP contribution < -0.4 is 0 Å². The SMILES string of the molecule is c1ccc(-c2nc(-c3cccc4oc5ccccc5c34)nc(-c3cccc4oc5c(-c6cccc7c6sc6ccccc67)cccc5c34)n2)cc1. The Bertz CT molecular complexity index is 3160. The first-order valence-electron chi connectivity index (χ1n) is 16.9. The molecule has 7 aromatic carbocycles. The number of benzene rings is 7. The first kappa shape index (κ1) is 28.2. The Morgan fingerprint density at radius 2 is 0.922 bits per heavy atom. The van der Waals surface area contributed by atoms with Crippen molar-refractivity contribution in [2.75, 3.05) is 0 Å². The third-order valence-corrected chi connectivity index (χ3v) is 11.0.